The number of rotatable bonds is 6. The summed E-state index contributed by atoms with van der Waals surface area (Å²) >= 11 is 0. The van der Waals surface area contributed by atoms with E-state index in [1.807, 2.05) is 0 Å². The first-order valence-electron chi connectivity index (χ1n) is 7.26. The molecule has 0 aliphatic carbocycles. The lowest BCUT2D eigenvalue weighted by atomic mass is 10.2. The van der Waals surface area contributed by atoms with Crippen LogP contribution in [0.15, 0.2) is 53.4 Å². The second kappa shape index (κ2) is 7.65. The van der Waals surface area contributed by atoms with Gasteiger partial charge in [0.25, 0.3) is 15.9 Å². The van der Waals surface area contributed by atoms with Gasteiger partial charge in [0.1, 0.15) is 5.75 Å². The first kappa shape index (κ1) is 19.6. The first-order chi connectivity index (χ1) is 12.1. The van der Waals surface area contributed by atoms with Crippen LogP contribution in [0, 0.1) is 0 Å². The standard InChI is InChI=1S/C16H15F3N2O4S/c1-20-15(22)11-6-8-12(9-7-11)26(23,24)21-13-4-2-3-5-14(13)25-10-16(17,18)19/h2-9,21H,10H2,1H3,(H,20,22). The van der Waals surface area contributed by atoms with E-state index >= 15 is 0 Å². The van der Waals surface area contributed by atoms with Crippen molar-refractivity contribution in [2.75, 3.05) is 18.4 Å². The van der Waals surface area contributed by atoms with E-state index in [0.29, 0.717) is 0 Å². The molecule has 0 saturated carbocycles. The normalized spacial score (nSPS) is 11.7. The topological polar surface area (TPSA) is 84.5 Å². The molecule has 140 valence electrons. The van der Waals surface area contributed by atoms with Gasteiger partial charge < -0.3 is 10.1 Å². The number of hydrogen-bond acceptors (Lipinski definition) is 4. The average molecular weight is 388 g/mol. The molecule has 0 radical (unpaired) electrons. The number of nitrogens with one attached hydrogen (secondary N) is 2. The minimum Gasteiger partial charge on any atom is -0.482 e. The molecule has 0 fully saturated rings. The smallest absolute Gasteiger partial charge is 0.422 e. The lowest BCUT2D eigenvalue weighted by molar-refractivity contribution is -0.153. The van der Waals surface area contributed by atoms with Crippen LogP contribution in [-0.2, 0) is 10.0 Å². The van der Waals surface area contributed by atoms with Gasteiger partial charge in [0.05, 0.1) is 10.6 Å². The highest BCUT2D eigenvalue weighted by Gasteiger charge is 2.29. The Kier molecular flexibility index (Phi) is 5.76. The first-order valence-corrected chi connectivity index (χ1v) is 8.74. The van der Waals surface area contributed by atoms with Crippen LogP contribution in [0.1, 0.15) is 10.4 Å². The number of halogens is 3. The molecule has 2 N–H and O–H groups in total. The third-order valence-corrected chi connectivity index (χ3v) is 4.56. The highest BCUT2D eigenvalue weighted by atomic mass is 32.2. The molecule has 0 aromatic heterocycles. The zero-order chi connectivity index (χ0) is 19.4. The molecule has 2 aromatic rings. The van der Waals surface area contributed by atoms with Gasteiger partial charge in [-0.15, -0.1) is 0 Å². The van der Waals surface area contributed by atoms with Gasteiger partial charge in [0.15, 0.2) is 6.61 Å². The van der Waals surface area contributed by atoms with Crippen LogP contribution in [-0.4, -0.2) is 34.2 Å². The van der Waals surface area contributed by atoms with Crippen LogP contribution < -0.4 is 14.8 Å². The molecule has 2 aromatic carbocycles. The summed E-state index contributed by atoms with van der Waals surface area (Å²) in [6.07, 6.45) is -4.55. The molecule has 0 spiro atoms. The summed E-state index contributed by atoms with van der Waals surface area (Å²) in [5.74, 6) is -0.636. The number of amides is 1. The molecule has 26 heavy (non-hydrogen) atoms. The van der Waals surface area contributed by atoms with E-state index in [9.17, 15) is 26.4 Å². The number of carbonyl (C=O) groups excluding carboxylic acids is 1. The maximum atomic E-state index is 12.4. The van der Waals surface area contributed by atoms with Crippen molar-refractivity contribution in [3.05, 3.63) is 54.1 Å². The Morgan fingerprint density at radius 3 is 2.27 bits per heavy atom. The molecule has 1 amide bonds. The molecule has 0 atom stereocenters. The van der Waals surface area contributed by atoms with Crippen LogP contribution in [0.5, 0.6) is 5.75 Å². The molecular weight excluding hydrogens is 373 g/mol. The van der Waals surface area contributed by atoms with Crippen LogP contribution in [0.2, 0.25) is 0 Å². The Morgan fingerprint density at radius 2 is 1.69 bits per heavy atom. The SMILES string of the molecule is CNC(=O)c1ccc(S(=O)(=O)Nc2ccccc2OCC(F)(F)F)cc1. The van der Waals surface area contributed by atoms with Crippen molar-refractivity contribution in [2.24, 2.45) is 0 Å². The van der Waals surface area contributed by atoms with E-state index < -0.39 is 22.8 Å². The zero-order valence-electron chi connectivity index (χ0n) is 13.5. The third-order valence-electron chi connectivity index (χ3n) is 3.18. The Morgan fingerprint density at radius 1 is 1.08 bits per heavy atom. The molecule has 6 nitrogen and oxygen atoms in total. The van der Waals surface area contributed by atoms with Crippen molar-refractivity contribution in [1.29, 1.82) is 0 Å². The fraction of sp³-hybridized carbons (Fsp3) is 0.188. The zero-order valence-corrected chi connectivity index (χ0v) is 14.3. The van der Waals surface area contributed by atoms with E-state index in [2.05, 4.69) is 14.8 Å². The van der Waals surface area contributed by atoms with Gasteiger partial charge in [0, 0.05) is 12.6 Å². The molecule has 0 bridgehead atoms. The Hall–Kier alpha value is -2.75. The molecule has 0 saturated heterocycles. The fourth-order valence-corrected chi connectivity index (χ4v) is 3.04. The monoisotopic (exact) mass is 388 g/mol. The second-order valence-corrected chi connectivity index (χ2v) is 6.79. The molecule has 0 unspecified atom stereocenters. The largest absolute Gasteiger partial charge is 0.482 e. The van der Waals surface area contributed by atoms with E-state index in [1.165, 1.54) is 55.6 Å². The summed E-state index contributed by atoms with van der Waals surface area (Å²) in [4.78, 5) is 11.3. The van der Waals surface area contributed by atoms with Gasteiger partial charge >= 0.3 is 6.18 Å². The minimum absolute atomic E-state index is 0.132. The number of carbonyl (C=O) groups is 1. The van der Waals surface area contributed by atoms with Crippen LogP contribution in [0.4, 0.5) is 18.9 Å². The quantitative estimate of drug-likeness (QED) is 0.797. The van der Waals surface area contributed by atoms with Crippen LogP contribution in [0.25, 0.3) is 0 Å². The number of anilines is 1. The van der Waals surface area contributed by atoms with Crippen molar-refractivity contribution in [2.45, 2.75) is 11.1 Å². The predicted molar refractivity (Wildman–Crippen MR) is 88.6 cm³/mol. The highest BCUT2D eigenvalue weighted by Crippen LogP contribution is 2.28. The van der Waals surface area contributed by atoms with E-state index in [1.54, 1.807) is 0 Å². The number of ether oxygens (including phenoxy) is 1. The Balaban J connectivity index is 2.23. The lowest BCUT2D eigenvalue weighted by Crippen LogP contribution is -2.20. The number of para-hydroxylation sites is 2. The van der Waals surface area contributed by atoms with Crippen molar-refractivity contribution < 1.29 is 31.1 Å². The summed E-state index contributed by atoms with van der Waals surface area (Å²) in [5, 5.41) is 2.40. The van der Waals surface area contributed by atoms with Gasteiger partial charge in [-0.25, -0.2) is 8.42 Å². The molecule has 10 heteroatoms. The number of benzene rings is 2. The minimum atomic E-state index is -4.55. The summed E-state index contributed by atoms with van der Waals surface area (Å²) < 4.78 is 68.6. The maximum Gasteiger partial charge on any atom is 0.422 e. The third kappa shape index (κ3) is 5.12. The van der Waals surface area contributed by atoms with E-state index in [-0.39, 0.29) is 27.8 Å². The van der Waals surface area contributed by atoms with Gasteiger partial charge in [-0.05, 0) is 36.4 Å². The predicted octanol–water partition coefficient (Wildman–Crippen LogP) is 2.79. The van der Waals surface area contributed by atoms with Gasteiger partial charge in [-0.3, -0.25) is 9.52 Å². The number of alkyl halides is 3. The highest BCUT2D eigenvalue weighted by molar-refractivity contribution is 7.92. The fourth-order valence-electron chi connectivity index (χ4n) is 1.97. The van der Waals surface area contributed by atoms with E-state index in [4.69, 9.17) is 0 Å². The lowest BCUT2D eigenvalue weighted by Gasteiger charge is -2.14. The average Bonchev–Trinajstić information content (AvgIpc) is 2.59. The molecular formula is C16H15F3N2O4S. The molecule has 0 heterocycles. The summed E-state index contributed by atoms with van der Waals surface area (Å²) in [7, 11) is -2.64. The molecule has 0 aliphatic rings. The number of sulfonamides is 1. The molecule has 2 rings (SSSR count). The second-order valence-electron chi connectivity index (χ2n) is 5.11. The van der Waals surface area contributed by atoms with Crippen molar-refractivity contribution in [1.82, 2.24) is 5.32 Å². The Bertz CT molecular complexity index is 881. The van der Waals surface area contributed by atoms with Gasteiger partial charge in [0.2, 0.25) is 0 Å². The molecule has 0 aliphatic heterocycles. The summed E-state index contributed by atoms with van der Waals surface area (Å²) in [6.45, 7) is -1.55. The van der Waals surface area contributed by atoms with Gasteiger partial charge in [-0.1, -0.05) is 12.1 Å². The van der Waals surface area contributed by atoms with Gasteiger partial charge in [-0.2, -0.15) is 13.2 Å². The van der Waals surface area contributed by atoms with Crippen molar-refractivity contribution in [3.63, 3.8) is 0 Å². The Labute approximate surface area is 148 Å². The maximum absolute atomic E-state index is 12.4. The van der Waals surface area contributed by atoms with E-state index in [0.717, 1.165) is 0 Å². The summed E-state index contributed by atoms with van der Waals surface area (Å²) in [5.41, 5.74) is 0.132. The van der Waals surface area contributed by atoms with Crippen molar-refractivity contribution in [3.8, 4) is 5.75 Å². The van der Waals surface area contributed by atoms with Crippen LogP contribution >= 0.6 is 0 Å². The summed E-state index contributed by atoms with van der Waals surface area (Å²) in [6, 6.07) is 10.4. The number of hydrogen-bond donors (Lipinski definition) is 2. The van der Waals surface area contributed by atoms with Crippen LogP contribution in [0.3, 0.4) is 0 Å². The van der Waals surface area contributed by atoms with Crippen molar-refractivity contribution >= 4 is 21.6 Å².